The first-order valence-electron chi connectivity index (χ1n) is 11.2. The van der Waals surface area contributed by atoms with E-state index in [-0.39, 0.29) is 12.2 Å². The van der Waals surface area contributed by atoms with Gasteiger partial charge in [-0.2, -0.15) is 0 Å². The third-order valence-electron chi connectivity index (χ3n) is 5.79. The van der Waals surface area contributed by atoms with Crippen LogP contribution in [0, 0.1) is 0 Å². The van der Waals surface area contributed by atoms with Gasteiger partial charge in [0, 0.05) is 0 Å². The maximum atomic E-state index is 11.9. The summed E-state index contributed by atoms with van der Waals surface area (Å²) in [7, 11) is 0. The van der Waals surface area contributed by atoms with Crippen molar-refractivity contribution in [2.45, 2.75) is 38.4 Å². The Hall–Kier alpha value is -3.67. The summed E-state index contributed by atoms with van der Waals surface area (Å²) in [4.78, 5) is 11.9. The van der Waals surface area contributed by atoms with E-state index in [1.54, 1.807) is 12.2 Å². The van der Waals surface area contributed by atoms with Gasteiger partial charge in [0.25, 0.3) is 0 Å². The number of hydrogen-bond donors (Lipinski definition) is 1. The van der Waals surface area contributed by atoms with Gasteiger partial charge in [0.1, 0.15) is 18.5 Å². The largest absolute Gasteiger partial charge is 0.490 e. The molecular formula is C29H28O5. The van der Waals surface area contributed by atoms with Gasteiger partial charge in [-0.15, -0.1) is 0 Å². The van der Waals surface area contributed by atoms with Crippen molar-refractivity contribution in [1.29, 1.82) is 0 Å². The molecule has 0 amide bonds. The first-order valence-corrected chi connectivity index (χ1v) is 11.2. The summed E-state index contributed by atoms with van der Waals surface area (Å²) >= 11 is 0. The molecule has 0 saturated heterocycles. The van der Waals surface area contributed by atoms with Crippen molar-refractivity contribution in [1.82, 2.24) is 0 Å². The van der Waals surface area contributed by atoms with Gasteiger partial charge in [-0.05, 0) is 35.8 Å². The number of ether oxygens (including phenoxy) is 3. The molecule has 0 spiro atoms. The number of benzene rings is 3. The average molecular weight is 457 g/mol. The van der Waals surface area contributed by atoms with E-state index >= 15 is 0 Å². The Bertz CT molecular complexity index is 1140. The van der Waals surface area contributed by atoms with E-state index in [1.165, 1.54) is 0 Å². The van der Waals surface area contributed by atoms with Crippen LogP contribution in [0.25, 0.3) is 0 Å². The molecule has 4 rings (SSSR count). The highest BCUT2D eigenvalue weighted by Gasteiger charge is 2.44. The van der Waals surface area contributed by atoms with Gasteiger partial charge in [0.2, 0.25) is 0 Å². The Morgan fingerprint density at radius 1 is 0.794 bits per heavy atom. The lowest BCUT2D eigenvalue weighted by Gasteiger charge is -2.39. The molecule has 5 heteroatoms. The molecule has 34 heavy (non-hydrogen) atoms. The Morgan fingerprint density at radius 2 is 1.29 bits per heavy atom. The lowest BCUT2D eigenvalue weighted by atomic mass is 9.88. The number of aliphatic carboxylic acids is 1. The Labute approximate surface area is 199 Å². The molecule has 2 unspecified atom stereocenters. The maximum absolute atomic E-state index is 11.9. The summed E-state index contributed by atoms with van der Waals surface area (Å²) in [5, 5.41) is 9.76. The van der Waals surface area contributed by atoms with Gasteiger partial charge in [-0.25, -0.2) is 4.79 Å². The van der Waals surface area contributed by atoms with E-state index < -0.39 is 17.7 Å². The van der Waals surface area contributed by atoms with Crippen LogP contribution >= 0.6 is 0 Å². The van der Waals surface area contributed by atoms with Crippen molar-refractivity contribution in [3.05, 3.63) is 131 Å². The van der Waals surface area contributed by atoms with E-state index in [9.17, 15) is 9.90 Å². The van der Waals surface area contributed by atoms with E-state index in [0.717, 1.165) is 16.7 Å². The Morgan fingerprint density at radius 3 is 1.82 bits per heavy atom. The topological polar surface area (TPSA) is 65.0 Å². The number of carboxylic acid groups (broad SMARTS) is 1. The molecule has 174 valence electrons. The van der Waals surface area contributed by atoms with Crippen LogP contribution in [0.15, 0.2) is 114 Å². The van der Waals surface area contributed by atoms with Crippen LogP contribution in [0.5, 0.6) is 0 Å². The van der Waals surface area contributed by atoms with E-state index in [2.05, 4.69) is 0 Å². The minimum absolute atomic E-state index is 0.113. The number of hydrogen-bond acceptors (Lipinski definition) is 4. The van der Waals surface area contributed by atoms with Crippen LogP contribution in [0.3, 0.4) is 0 Å². The minimum Gasteiger partial charge on any atom is -0.490 e. The monoisotopic (exact) mass is 456 g/mol. The molecule has 1 aliphatic rings. The molecule has 3 aromatic rings. The SMILES string of the molecule is CC1(OCc2ccccc2)C(OCc2ccccc2)=CC(C(=O)O)=CC1OCc1ccccc1. The third kappa shape index (κ3) is 5.81. The summed E-state index contributed by atoms with van der Waals surface area (Å²) in [6.45, 7) is 2.81. The first-order chi connectivity index (χ1) is 16.5. The summed E-state index contributed by atoms with van der Waals surface area (Å²) in [5.74, 6) is -0.621. The standard InChI is InChI=1S/C29H28O5/c1-29(34-21-24-15-9-4-10-16-24)26(32-19-22-11-5-2-6-12-22)17-25(28(30)31)18-27(29)33-20-23-13-7-3-8-14-23/h2-18,26H,19-21H2,1H3,(H,30,31). The zero-order valence-electron chi connectivity index (χ0n) is 19.1. The lowest BCUT2D eigenvalue weighted by molar-refractivity contribution is -0.139. The van der Waals surface area contributed by atoms with Gasteiger partial charge < -0.3 is 19.3 Å². The Kier molecular flexibility index (Phi) is 7.58. The van der Waals surface area contributed by atoms with E-state index in [0.29, 0.717) is 19.0 Å². The van der Waals surface area contributed by atoms with Gasteiger partial charge in [-0.1, -0.05) is 91.0 Å². The van der Waals surface area contributed by atoms with Crippen molar-refractivity contribution in [2.24, 2.45) is 0 Å². The highest BCUT2D eigenvalue weighted by Crippen LogP contribution is 2.36. The summed E-state index contributed by atoms with van der Waals surface area (Å²) < 4.78 is 18.9. The second-order valence-electron chi connectivity index (χ2n) is 8.31. The summed E-state index contributed by atoms with van der Waals surface area (Å²) in [6.07, 6.45) is 2.47. The van der Waals surface area contributed by atoms with Crippen LogP contribution in [0.4, 0.5) is 0 Å². The lowest BCUT2D eigenvalue weighted by Crippen LogP contribution is -2.47. The summed E-state index contributed by atoms with van der Waals surface area (Å²) in [6, 6.07) is 29.3. The highest BCUT2D eigenvalue weighted by molar-refractivity contribution is 5.90. The van der Waals surface area contributed by atoms with Crippen LogP contribution in [-0.2, 0) is 38.8 Å². The number of carboxylic acids is 1. The predicted molar refractivity (Wildman–Crippen MR) is 130 cm³/mol. The zero-order valence-corrected chi connectivity index (χ0v) is 19.1. The molecule has 3 aromatic carbocycles. The predicted octanol–water partition coefficient (Wildman–Crippen LogP) is 5.67. The summed E-state index contributed by atoms with van der Waals surface area (Å²) in [5.41, 5.74) is 2.04. The van der Waals surface area contributed by atoms with Gasteiger partial charge in [-0.3, -0.25) is 0 Å². The molecule has 0 heterocycles. The third-order valence-corrected chi connectivity index (χ3v) is 5.79. The zero-order chi connectivity index (χ0) is 23.8. The second kappa shape index (κ2) is 11.0. The van der Waals surface area contributed by atoms with Crippen LogP contribution in [-0.4, -0.2) is 22.8 Å². The van der Waals surface area contributed by atoms with Crippen molar-refractivity contribution >= 4 is 5.97 Å². The van der Waals surface area contributed by atoms with Crippen molar-refractivity contribution < 1.29 is 24.1 Å². The van der Waals surface area contributed by atoms with Crippen LogP contribution < -0.4 is 0 Å². The molecule has 0 bridgehead atoms. The normalized spacial score (nSPS) is 19.7. The molecule has 0 aromatic heterocycles. The fraction of sp³-hybridized carbons (Fsp3) is 0.207. The fourth-order valence-electron chi connectivity index (χ4n) is 3.78. The van der Waals surface area contributed by atoms with Gasteiger partial charge in [0.15, 0.2) is 5.60 Å². The van der Waals surface area contributed by atoms with Crippen molar-refractivity contribution in [2.75, 3.05) is 0 Å². The van der Waals surface area contributed by atoms with Gasteiger partial charge in [0.05, 0.1) is 18.8 Å². The quantitative estimate of drug-likeness (QED) is 0.426. The Balaban J connectivity index is 1.62. The van der Waals surface area contributed by atoms with E-state index in [4.69, 9.17) is 14.2 Å². The van der Waals surface area contributed by atoms with Crippen molar-refractivity contribution in [3.8, 4) is 0 Å². The smallest absolute Gasteiger partial charge is 0.335 e. The molecule has 0 saturated carbocycles. The van der Waals surface area contributed by atoms with Crippen LogP contribution in [0.1, 0.15) is 23.6 Å². The molecule has 2 atom stereocenters. The molecule has 0 fully saturated rings. The minimum atomic E-state index is -1.04. The highest BCUT2D eigenvalue weighted by atomic mass is 16.6. The average Bonchev–Trinajstić information content (AvgIpc) is 2.88. The molecule has 5 nitrogen and oxygen atoms in total. The maximum Gasteiger partial charge on any atom is 0.335 e. The van der Waals surface area contributed by atoms with Crippen molar-refractivity contribution in [3.63, 3.8) is 0 Å². The van der Waals surface area contributed by atoms with Crippen LogP contribution in [0.2, 0.25) is 0 Å². The first kappa shape index (κ1) is 23.5. The number of rotatable bonds is 10. The molecule has 1 N–H and O–H groups in total. The molecular weight excluding hydrogens is 428 g/mol. The molecule has 0 radical (unpaired) electrons. The number of carbonyl (C=O) groups is 1. The molecule has 1 aliphatic carbocycles. The van der Waals surface area contributed by atoms with E-state index in [1.807, 2.05) is 97.9 Å². The van der Waals surface area contributed by atoms with Gasteiger partial charge >= 0.3 is 5.97 Å². The second-order valence-corrected chi connectivity index (χ2v) is 8.31. The fourth-order valence-corrected chi connectivity index (χ4v) is 3.78. The molecule has 0 aliphatic heterocycles.